The Balaban J connectivity index is 1.98. The molecule has 1 N–H and O–H groups in total. The number of nitrogens with zero attached hydrogens (tertiary/aromatic N) is 1. The van der Waals surface area contributed by atoms with Crippen molar-refractivity contribution in [2.24, 2.45) is 0 Å². The Labute approximate surface area is 183 Å². The molecule has 0 aliphatic heterocycles. The molecule has 0 heterocycles. The number of hydrogen-bond donors (Lipinski definition) is 1. The van der Waals surface area contributed by atoms with Gasteiger partial charge in [0.2, 0.25) is 15.9 Å². The van der Waals surface area contributed by atoms with Crippen molar-refractivity contribution in [2.75, 3.05) is 30.3 Å². The van der Waals surface area contributed by atoms with Gasteiger partial charge < -0.3 is 14.8 Å². The normalized spacial score (nSPS) is 12.2. The topological polar surface area (TPSA) is 84.9 Å². The fourth-order valence-corrected chi connectivity index (χ4v) is 4.16. The van der Waals surface area contributed by atoms with Gasteiger partial charge >= 0.3 is 0 Å². The number of rotatable bonds is 10. The molecule has 9 heteroatoms. The van der Waals surface area contributed by atoms with Gasteiger partial charge in [-0.05, 0) is 62.7 Å². The maximum Gasteiger partial charge on any atom is 0.243 e. The van der Waals surface area contributed by atoms with Crippen LogP contribution < -0.4 is 19.1 Å². The quantitative estimate of drug-likeness (QED) is 0.556. The molecule has 7 nitrogen and oxygen atoms in total. The van der Waals surface area contributed by atoms with Gasteiger partial charge in [-0.25, -0.2) is 8.42 Å². The van der Waals surface area contributed by atoms with Crippen LogP contribution in [0.15, 0.2) is 42.5 Å². The summed E-state index contributed by atoms with van der Waals surface area (Å²) in [5, 5.41) is 3.31. The predicted octanol–water partition coefficient (Wildman–Crippen LogP) is 3.40. The van der Waals surface area contributed by atoms with E-state index in [-0.39, 0.29) is 13.2 Å². The van der Waals surface area contributed by atoms with Crippen molar-refractivity contribution in [1.82, 2.24) is 5.32 Å². The summed E-state index contributed by atoms with van der Waals surface area (Å²) in [4.78, 5) is 12.6. The summed E-state index contributed by atoms with van der Waals surface area (Å²) in [6, 6.07) is 11.0. The number of amides is 1. The SMILES string of the molecule is CCOc1ccc(N([C@H](C)C(=O)NCCOc2ccc(C)c(Cl)c2)S(C)(=O)=O)cc1. The van der Waals surface area contributed by atoms with Crippen LogP contribution >= 0.6 is 11.6 Å². The van der Waals surface area contributed by atoms with Crippen molar-refractivity contribution in [3.05, 3.63) is 53.1 Å². The van der Waals surface area contributed by atoms with Crippen molar-refractivity contribution >= 4 is 33.2 Å². The lowest BCUT2D eigenvalue weighted by molar-refractivity contribution is -0.121. The molecule has 0 radical (unpaired) electrons. The van der Waals surface area contributed by atoms with Gasteiger partial charge in [0, 0.05) is 5.02 Å². The minimum atomic E-state index is -3.68. The number of carbonyl (C=O) groups excluding carboxylic acids is 1. The highest BCUT2D eigenvalue weighted by molar-refractivity contribution is 7.92. The highest BCUT2D eigenvalue weighted by Gasteiger charge is 2.28. The molecular weight excluding hydrogens is 428 g/mol. The summed E-state index contributed by atoms with van der Waals surface area (Å²) in [5.41, 5.74) is 1.33. The van der Waals surface area contributed by atoms with Crippen LogP contribution in [0.5, 0.6) is 11.5 Å². The van der Waals surface area contributed by atoms with Crippen LogP contribution in [-0.2, 0) is 14.8 Å². The van der Waals surface area contributed by atoms with Gasteiger partial charge in [0.05, 0.1) is 25.1 Å². The molecule has 2 aromatic carbocycles. The second-order valence-electron chi connectivity index (χ2n) is 6.71. The van der Waals surface area contributed by atoms with Crippen LogP contribution in [0, 0.1) is 6.92 Å². The number of sulfonamides is 1. The van der Waals surface area contributed by atoms with Gasteiger partial charge in [-0.15, -0.1) is 0 Å². The predicted molar refractivity (Wildman–Crippen MR) is 119 cm³/mol. The van der Waals surface area contributed by atoms with Crippen LogP contribution in [-0.4, -0.2) is 46.4 Å². The van der Waals surface area contributed by atoms with Gasteiger partial charge in [0.25, 0.3) is 0 Å². The molecule has 0 fully saturated rings. The molecule has 0 aliphatic carbocycles. The number of halogens is 1. The molecule has 0 spiro atoms. The lowest BCUT2D eigenvalue weighted by Gasteiger charge is -2.28. The second-order valence-corrected chi connectivity index (χ2v) is 8.98. The number of aryl methyl sites for hydroxylation is 1. The zero-order valence-electron chi connectivity index (χ0n) is 17.5. The minimum Gasteiger partial charge on any atom is -0.494 e. The van der Waals surface area contributed by atoms with Gasteiger partial charge in [0.1, 0.15) is 24.1 Å². The number of anilines is 1. The molecule has 0 bridgehead atoms. The third-order valence-corrected chi connectivity index (χ3v) is 5.95. The molecular formula is C21H27ClN2O5S. The highest BCUT2D eigenvalue weighted by Crippen LogP contribution is 2.24. The maximum absolute atomic E-state index is 12.6. The van der Waals surface area contributed by atoms with Crippen LogP contribution in [0.3, 0.4) is 0 Å². The summed E-state index contributed by atoms with van der Waals surface area (Å²) in [7, 11) is -3.68. The van der Waals surface area contributed by atoms with E-state index in [1.807, 2.05) is 19.9 Å². The molecule has 1 atom stereocenters. The van der Waals surface area contributed by atoms with E-state index in [0.717, 1.165) is 16.1 Å². The zero-order chi connectivity index (χ0) is 22.3. The molecule has 164 valence electrons. The van der Waals surface area contributed by atoms with E-state index in [4.69, 9.17) is 21.1 Å². The lowest BCUT2D eigenvalue weighted by Crippen LogP contribution is -2.48. The van der Waals surface area contributed by atoms with E-state index in [1.165, 1.54) is 6.92 Å². The van der Waals surface area contributed by atoms with E-state index >= 15 is 0 Å². The molecule has 0 saturated heterocycles. The van der Waals surface area contributed by atoms with Crippen LogP contribution in [0.25, 0.3) is 0 Å². The van der Waals surface area contributed by atoms with E-state index in [9.17, 15) is 13.2 Å². The lowest BCUT2D eigenvalue weighted by atomic mass is 10.2. The second kappa shape index (κ2) is 10.5. The molecule has 1 amide bonds. The largest absolute Gasteiger partial charge is 0.494 e. The molecule has 2 rings (SSSR count). The highest BCUT2D eigenvalue weighted by atomic mass is 35.5. The van der Waals surface area contributed by atoms with Gasteiger partial charge in [-0.3, -0.25) is 9.10 Å². The van der Waals surface area contributed by atoms with Gasteiger partial charge in [0.15, 0.2) is 0 Å². The monoisotopic (exact) mass is 454 g/mol. The van der Waals surface area contributed by atoms with Gasteiger partial charge in [-0.1, -0.05) is 17.7 Å². The van der Waals surface area contributed by atoms with E-state index < -0.39 is 22.0 Å². The van der Waals surface area contributed by atoms with Crippen LogP contribution in [0.4, 0.5) is 5.69 Å². The van der Waals surface area contributed by atoms with Crippen molar-refractivity contribution in [2.45, 2.75) is 26.8 Å². The van der Waals surface area contributed by atoms with E-state index in [2.05, 4.69) is 5.32 Å². The number of hydrogen-bond acceptors (Lipinski definition) is 5. The first-order valence-electron chi connectivity index (χ1n) is 9.52. The Kier molecular flexibility index (Phi) is 8.37. The molecule has 0 aromatic heterocycles. The van der Waals surface area contributed by atoms with Crippen molar-refractivity contribution in [3.63, 3.8) is 0 Å². The van der Waals surface area contributed by atoms with Gasteiger partial charge in [-0.2, -0.15) is 0 Å². The Morgan fingerprint density at radius 1 is 1.13 bits per heavy atom. The maximum atomic E-state index is 12.6. The number of nitrogens with one attached hydrogen (secondary N) is 1. The van der Waals surface area contributed by atoms with Crippen molar-refractivity contribution in [3.8, 4) is 11.5 Å². The van der Waals surface area contributed by atoms with Crippen LogP contribution in [0.1, 0.15) is 19.4 Å². The Morgan fingerprint density at radius 3 is 2.33 bits per heavy atom. The minimum absolute atomic E-state index is 0.218. The zero-order valence-corrected chi connectivity index (χ0v) is 19.1. The average Bonchev–Trinajstić information content (AvgIpc) is 2.68. The Bertz CT molecular complexity index is 964. The number of ether oxygens (including phenoxy) is 2. The molecule has 0 saturated carbocycles. The van der Waals surface area contributed by atoms with Crippen molar-refractivity contribution < 1.29 is 22.7 Å². The molecule has 2 aromatic rings. The summed E-state index contributed by atoms with van der Waals surface area (Å²) in [5.74, 6) is 0.792. The average molecular weight is 455 g/mol. The smallest absolute Gasteiger partial charge is 0.243 e. The standard InChI is InChI=1S/C21H27ClN2O5S/c1-5-28-18-10-7-17(8-11-18)24(30(4,26)27)16(3)21(25)23-12-13-29-19-9-6-15(2)20(22)14-19/h6-11,14,16H,5,12-13H2,1-4H3,(H,23,25)/t16-/m1/s1. The molecule has 0 unspecified atom stereocenters. The van der Waals surface area contributed by atoms with E-state index in [1.54, 1.807) is 36.4 Å². The first-order chi connectivity index (χ1) is 14.1. The fourth-order valence-electron chi connectivity index (χ4n) is 2.82. The van der Waals surface area contributed by atoms with E-state index in [0.29, 0.717) is 28.8 Å². The Hall–Kier alpha value is -2.45. The van der Waals surface area contributed by atoms with Crippen LogP contribution in [0.2, 0.25) is 5.02 Å². The summed E-state index contributed by atoms with van der Waals surface area (Å²) in [6.45, 7) is 6.24. The third kappa shape index (κ3) is 6.53. The number of carbonyl (C=O) groups is 1. The van der Waals surface area contributed by atoms with Crippen molar-refractivity contribution in [1.29, 1.82) is 0 Å². The summed E-state index contributed by atoms with van der Waals surface area (Å²) >= 11 is 6.06. The molecule has 30 heavy (non-hydrogen) atoms. The number of benzene rings is 2. The third-order valence-electron chi connectivity index (χ3n) is 4.30. The summed E-state index contributed by atoms with van der Waals surface area (Å²) < 4.78 is 36.7. The first-order valence-corrected chi connectivity index (χ1v) is 11.7. The molecule has 0 aliphatic rings. The summed E-state index contributed by atoms with van der Waals surface area (Å²) in [6.07, 6.45) is 1.07. The first kappa shape index (κ1) is 23.8. The Morgan fingerprint density at radius 2 is 1.77 bits per heavy atom. The fraction of sp³-hybridized carbons (Fsp3) is 0.381.